The van der Waals surface area contributed by atoms with Gasteiger partial charge in [-0.1, -0.05) is 6.07 Å². The highest BCUT2D eigenvalue weighted by Gasteiger charge is 2.32. The summed E-state index contributed by atoms with van der Waals surface area (Å²) in [5.41, 5.74) is 3.93. The van der Waals surface area contributed by atoms with Gasteiger partial charge in [-0.15, -0.1) is 0 Å². The van der Waals surface area contributed by atoms with E-state index in [0.29, 0.717) is 44.1 Å². The van der Waals surface area contributed by atoms with Crippen molar-refractivity contribution in [1.29, 1.82) is 0 Å². The summed E-state index contributed by atoms with van der Waals surface area (Å²) in [5.74, 6) is 0.859. The van der Waals surface area contributed by atoms with E-state index >= 15 is 0 Å². The van der Waals surface area contributed by atoms with Gasteiger partial charge >= 0.3 is 0 Å². The number of aromatic nitrogens is 2. The molecule has 1 N–H and O–H groups in total. The van der Waals surface area contributed by atoms with Crippen molar-refractivity contribution >= 4 is 21.7 Å². The van der Waals surface area contributed by atoms with E-state index in [1.54, 1.807) is 28.9 Å². The lowest BCUT2D eigenvalue weighted by molar-refractivity contribution is -0.120. The molecule has 8 nitrogen and oxygen atoms in total. The minimum atomic E-state index is -3.62. The van der Waals surface area contributed by atoms with Gasteiger partial charge in [0.1, 0.15) is 11.6 Å². The molecule has 1 fully saturated rings. The lowest BCUT2D eigenvalue weighted by Gasteiger charge is -2.30. The molecule has 4 rings (SSSR count). The lowest BCUT2D eigenvalue weighted by atomic mass is 9.97. The van der Waals surface area contributed by atoms with Gasteiger partial charge in [-0.05, 0) is 88.1 Å². The van der Waals surface area contributed by atoms with Gasteiger partial charge in [-0.25, -0.2) is 13.1 Å². The van der Waals surface area contributed by atoms with E-state index in [2.05, 4.69) is 16.5 Å². The molecule has 0 spiro atoms. The number of amides is 1. The monoisotopic (exact) mass is 496 g/mol. The van der Waals surface area contributed by atoms with E-state index in [-0.39, 0.29) is 16.7 Å². The first kappa shape index (κ1) is 24.9. The van der Waals surface area contributed by atoms with E-state index in [1.165, 1.54) is 4.31 Å². The van der Waals surface area contributed by atoms with E-state index in [9.17, 15) is 13.2 Å². The normalized spacial score (nSPS) is 15.2. The maximum atomic E-state index is 13.1. The fraction of sp³-hybridized carbons (Fsp3) is 0.385. The molecule has 186 valence electrons. The molecule has 0 aliphatic carbocycles. The third kappa shape index (κ3) is 5.57. The Hall–Kier alpha value is -3.17. The molecular weight excluding hydrogens is 464 g/mol. The van der Waals surface area contributed by atoms with Crippen LogP contribution in [0.3, 0.4) is 0 Å². The molecule has 2 aromatic carbocycles. The van der Waals surface area contributed by atoms with Gasteiger partial charge in [0.15, 0.2) is 0 Å². The van der Waals surface area contributed by atoms with Crippen LogP contribution in [0.1, 0.15) is 36.6 Å². The summed E-state index contributed by atoms with van der Waals surface area (Å²) in [4.78, 5) is 13.3. The molecular formula is C26H32N4O4S. The smallest absolute Gasteiger partial charge is 0.243 e. The minimum Gasteiger partial charge on any atom is -0.494 e. The average molecular weight is 497 g/mol. The summed E-state index contributed by atoms with van der Waals surface area (Å²) in [5, 5.41) is 7.58. The van der Waals surface area contributed by atoms with Crippen LogP contribution in [0.4, 0.5) is 5.82 Å². The number of anilines is 1. The Bertz CT molecular complexity index is 1290. The molecule has 1 aromatic heterocycles. The molecule has 1 amide bonds. The number of aryl methyl sites for hydroxylation is 3. The predicted molar refractivity (Wildman–Crippen MR) is 135 cm³/mol. The van der Waals surface area contributed by atoms with Gasteiger partial charge in [-0.3, -0.25) is 4.79 Å². The van der Waals surface area contributed by atoms with Crippen LogP contribution >= 0.6 is 0 Å². The van der Waals surface area contributed by atoms with Crippen LogP contribution in [0.25, 0.3) is 5.69 Å². The average Bonchev–Trinajstić information content (AvgIpc) is 3.19. The Morgan fingerprint density at radius 3 is 2.26 bits per heavy atom. The second-order valence-corrected chi connectivity index (χ2v) is 10.9. The minimum absolute atomic E-state index is 0.117. The summed E-state index contributed by atoms with van der Waals surface area (Å²) < 4.78 is 34.7. The van der Waals surface area contributed by atoms with Gasteiger partial charge in [0, 0.05) is 25.1 Å². The number of carbonyl (C=O) groups excluding carboxylic acids is 1. The summed E-state index contributed by atoms with van der Waals surface area (Å²) in [6.07, 6.45) is 0.914. The Kier molecular flexibility index (Phi) is 7.28. The molecule has 3 aromatic rings. The zero-order valence-electron chi connectivity index (χ0n) is 20.6. The number of nitrogens with one attached hydrogen (secondary N) is 1. The Labute approximate surface area is 207 Å². The summed E-state index contributed by atoms with van der Waals surface area (Å²) in [6.45, 7) is 8.93. The van der Waals surface area contributed by atoms with Crippen molar-refractivity contribution in [2.45, 2.75) is 45.4 Å². The van der Waals surface area contributed by atoms with Crippen molar-refractivity contribution in [1.82, 2.24) is 14.1 Å². The SMILES string of the molecule is CCOc1ccc(S(=O)(=O)N2CCC(C(=O)Nc3cc(C)nn3-c3cc(C)cc(C)c3)CC2)cc1. The quantitative estimate of drug-likeness (QED) is 0.528. The number of hydrogen-bond acceptors (Lipinski definition) is 5. The number of nitrogens with zero attached hydrogens (tertiary/aromatic N) is 3. The first-order valence-corrected chi connectivity index (χ1v) is 13.3. The number of rotatable bonds is 7. The van der Waals surface area contributed by atoms with Gasteiger partial charge in [0.25, 0.3) is 0 Å². The topological polar surface area (TPSA) is 93.5 Å². The van der Waals surface area contributed by atoms with Gasteiger partial charge in [0.2, 0.25) is 15.9 Å². The molecule has 1 saturated heterocycles. The Balaban J connectivity index is 1.42. The molecule has 2 heterocycles. The van der Waals surface area contributed by atoms with E-state index in [0.717, 1.165) is 22.5 Å². The fourth-order valence-corrected chi connectivity index (χ4v) is 5.94. The third-order valence-electron chi connectivity index (χ3n) is 6.13. The Morgan fingerprint density at radius 2 is 1.66 bits per heavy atom. The van der Waals surface area contributed by atoms with Crippen molar-refractivity contribution in [2.75, 3.05) is 25.0 Å². The van der Waals surface area contributed by atoms with Gasteiger partial charge in [-0.2, -0.15) is 9.40 Å². The molecule has 0 radical (unpaired) electrons. The first-order valence-electron chi connectivity index (χ1n) is 11.9. The zero-order chi connectivity index (χ0) is 25.2. The van der Waals surface area contributed by atoms with Crippen LogP contribution in [0.2, 0.25) is 0 Å². The largest absolute Gasteiger partial charge is 0.494 e. The predicted octanol–water partition coefficient (Wildman–Crippen LogP) is 4.24. The van der Waals surface area contributed by atoms with Crippen molar-refractivity contribution in [3.63, 3.8) is 0 Å². The molecule has 1 aliphatic rings. The summed E-state index contributed by atoms with van der Waals surface area (Å²) >= 11 is 0. The number of sulfonamides is 1. The van der Waals surface area contributed by atoms with E-state index in [1.807, 2.05) is 45.9 Å². The lowest BCUT2D eigenvalue weighted by Crippen LogP contribution is -2.41. The number of ether oxygens (including phenoxy) is 1. The summed E-state index contributed by atoms with van der Waals surface area (Å²) in [7, 11) is -3.62. The van der Waals surface area contributed by atoms with Crippen molar-refractivity contribution in [3.05, 3.63) is 65.4 Å². The molecule has 35 heavy (non-hydrogen) atoms. The zero-order valence-corrected chi connectivity index (χ0v) is 21.4. The molecule has 9 heteroatoms. The third-order valence-corrected chi connectivity index (χ3v) is 8.04. The number of carbonyl (C=O) groups is 1. The fourth-order valence-electron chi connectivity index (χ4n) is 4.47. The van der Waals surface area contributed by atoms with Crippen LogP contribution in [0, 0.1) is 26.7 Å². The second-order valence-electron chi connectivity index (χ2n) is 9.00. The number of hydrogen-bond donors (Lipinski definition) is 1. The number of piperidine rings is 1. The van der Waals surface area contributed by atoms with Crippen LogP contribution < -0.4 is 10.1 Å². The molecule has 0 saturated carbocycles. The maximum absolute atomic E-state index is 13.1. The highest BCUT2D eigenvalue weighted by atomic mass is 32.2. The molecule has 0 atom stereocenters. The van der Waals surface area contributed by atoms with Crippen LogP contribution in [-0.4, -0.2) is 48.1 Å². The molecule has 0 bridgehead atoms. The maximum Gasteiger partial charge on any atom is 0.243 e. The highest BCUT2D eigenvalue weighted by Crippen LogP contribution is 2.27. The van der Waals surface area contributed by atoms with Gasteiger partial charge in [0.05, 0.1) is 22.9 Å². The molecule has 1 aliphatic heterocycles. The first-order chi connectivity index (χ1) is 16.7. The number of benzene rings is 2. The van der Waals surface area contributed by atoms with Crippen LogP contribution in [-0.2, 0) is 14.8 Å². The highest BCUT2D eigenvalue weighted by molar-refractivity contribution is 7.89. The van der Waals surface area contributed by atoms with Crippen LogP contribution in [0.15, 0.2) is 53.4 Å². The van der Waals surface area contributed by atoms with Crippen molar-refractivity contribution < 1.29 is 17.9 Å². The summed E-state index contributed by atoms with van der Waals surface area (Å²) in [6, 6.07) is 14.5. The van der Waals surface area contributed by atoms with E-state index < -0.39 is 10.0 Å². The Morgan fingerprint density at radius 1 is 1.03 bits per heavy atom. The van der Waals surface area contributed by atoms with Crippen molar-refractivity contribution in [2.24, 2.45) is 5.92 Å². The van der Waals surface area contributed by atoms with Crippen molar-refractivity contribution in [3.8, 4) is 11.4 Å². The standard InChI is InChI=1S/C26H32N4O4S/c1-5-34-23-6-8-24(9-7-23)35(32,33)29-12-10-21(11-13-29)26(31)27-25-17-20(4)28-30(25)22-15-18(2)14-19(3)16-22/h6-9,14-17,21H,5,10-13H2,1-4H3,(H,27,31). The molecule has 0 unspecified atom stereocenters. The second kappa shape index (κ2) is 10.2. The van der Waals surface area contributed by atoms with E-state index in [4.69, 9.17) is 4.74 Å². The van der Waals surface area contributed by atoms with Gasteiger partial charge < -0.3 is 10.1 Å². The van der Waals surface area contributed by atoms with Crippen LogP contribution in [0.5, 0.6) is 5.75 Å².